The third kappa shape index (κ3) is 3.66. The maximum absolute atomic E-state index is 13.2. The van der Waals surface area contributed by atoms with Crippen molar-refractivity contribution in [3.63, 3.8) is 0 Å². The van der Waals surface area contributed by atoms with E-state index in [4.69, 9.17) is 26.4 Å². The Bertz CT molecular complexity index is 1030. The molecule has 0 radical (unpaired) electrons. The summed E-state index contributed by atoms with van der Waals surface area (Å²) in [7, 11) is 4.57. The highest BCUT2D eigenvalue weighted by atomic mass is 32.1. The summed E-state index contributed by atoms with van der Waals surface area (Å²) in [5.74, 6) is 0.465. The normalized spacial score (nSPS) is 15.4. The van der Waals surface area contributed by atoms with Gasteiger partial charge in [0.05, 0.1) is 27.0 Å². The van der Waals surface area contributed by atoms with Gasteiger partial charge in [-0.25, -0.2) is 4.90 Å². The molecule has 1 N–H and O–H groups in total. The molecule has 1 heterocycles. The Hall–Kier alpha value is -3.39. The molecular formula is C21H20N2O5S. The number of para-hydroxylation sites is 2. The van der Waals surface area contributed by atoms with Gasteiger partial charge in [-0.3, -0.25) is 14.9 Å². The summed E-state index contributed by atoms with van der Waals surface area (Å²) in [6, 6.07) is 10.4. The molecule has 1 saturated heterocycles. The van der Waals surface area contributed by atoms with Crippen molar-refractivity contribution in [2.45, 2.75) is 6.92 Å². The highest BCUT2D eigenvalue weighted by molar-refractivity contribution is 7.80. The average Bonchev–Trinajstić information content (AvgIpc) is 2.71. The number of amides is 2. The molecule has 7 nitrogen and oxygen atoms in total. The number of hydrogen-bond acceptors (Lipinski definition) is 6. The molecule has 1 aliphatic rings. The van der Waals surface area contributed by atoms with Gasteiger partial charge >= 0.3 is 0 Å². The van der Waals surface area contributed by atoms with Crippen LogP contribution in [0.15, 0.2) is 42.0 Å². The third-order valence-electron chi connectivity index (χ3n) is 4.54. The van der Waals surface area contributed by atoms with Gasteiger partial charge in [-0.1, -0.05) is 12.1 Å². The Labute approximate surface area is 173 Å². The van der Waals surface area contributed by atoms with Crippen LogP contribution in [0.25, 0.3) is 6.08 Å². The maximum atomic E-state index is 13.2. The van der Waals surface area contributed by atoms with E-state index in [-0.39, 0.29) is 10.7 Å². The lowest BCUT2D eigenvalue weighted by Gasteiger charge is -2.30. The van der Waals surface area contributed by atoms with Crippen LogP contribution in [0, 0.1) is 6.92 Å². The van der Waals surface area contributed by atoms with E-state index in [9.17, 15) is 9.59 Å². The standard InChI is InChI=1S/C21H20N2O5S/c1-12-16(26-2)10-9-13(18(12)28-4)11-14-19(24)22-21(29)23(20(14)25)15-7-5-6-8-17(15)27-3/h5-11H,1-4H3,(H,22,24,29)/b14-11+. The van der Waals surface area contributed by atoms with Gasteiger partial charge in [-0.2, -0.15) is 0 Å². The summed E-state index contributed by atoms with van der Waals surface area (Å²) in [5, 5.41) is 2.55. The lowest BCUT2D eigenvalue weighted by Crippen LogP contribution is -2.54. The largest absolute Gasteiger partial charge is 0.496 e. The minimum absolute atomic E-state index is 0.0143. The van der Waals surface area contributed by atoms with Gasteiger partial charge in [-0.05, 0) is 49.5 Å². The first-order valence-electron chi connectivity index (χ1n) is 8.69. The van der Waals surface area contributed by atoms with Crippen molar-refractivity contribution >= 4 is 40.9 Å². The number of rotatable bonds is 5. The molecule has 0 unspecified atom stereocenters. The fourth-order valence-corrected chi connectivity index (χ4v) is 3.42. The molecule has 0 aromatic heterocycles. The van der Waals surface area contributed by atoms with E-state index >= 15 is 0 Å². The summed E-state index contributed by atoms with van der Waals surface area (Å²) >= 11 is 5.24. The molecule has 0 atom stereocenters. The van der Waals surface area contributed by atoms with Crippen molar-refractivity contribution < 1.29 is 23.8 Å². The van der Waals surface area contributed by atoms with Crippen LogP contribution in [0.5, 0.6) is 17.2 Å². The summed E-state index contributed by atoms with van der Waals surface area (Å²) in [6.45, 7) is 1.83. The number of carbonyl (C=O) groups is 2. The summed E-state index contributed by atoms with van der Waals surface area (Å²) < 4.78 is 16.1. The Morgan fingerprint density at radius 3 is 2.31 bits per heavy atom. The van der Waals surface area contributed by atoms with Crippen LogP contribution in [-0.2, 0) is 9.59 Å². The number of carbonyl (C=O) groups excluding carboxylic acids is 2. The fourth-order valence-electron chi connectivity index (χ4n) is 3.15. The lowest BCUT2D eigenvalue weighted by atomic mass is 10.0. The average molecular weight is 412 g/mol. The van der Waals surface area contributed by atoms with E-state index in [2.05, 4.69) is 5.32 Å². The van der Waals surface area contributed by atoms with Crippen LogP contribution >= 0.6 is 12.2 Å². The van der Waals surface area contributed by atoms with Crippen molar-refractivity contribution in [2.24, 2.45) is 0 Å². The van der Waals surface area contributed by atoms with Gasteiger partial charge in [0.1, 0.15) is 22.8 Å². The molecule has 29 heavy (non-hydrogen) atoms. The molecule has 0 aliphatic carbocycles. The number of thiocarbonyl (C=S) groups is 1. The molecule has 1 aliphatic heterocycles. The molecule has 2 aromatic rings. The van der Waals surface area contributed by atoms with Gasteiger partial charge < -0.3 is 14.2 Å². The molecule has 1 fully saturated rings. The first-order valence-corrected chi connectivity index (χ1v) is 9.09. The minimum atomic E-state index is -0.582. The summed E-state index contributed by atoms with van der Waals surface area (Å²) in [4.78, 5) is 27.0. The smallest absolute Gasteiger partial charge is 0.270 e. The zero-order chi connectivity index (χ0) is 21.1. The predicted octanol–water partition coefficient (Wildman–Crippen LogP) is 2.85. The summed E-state index contributed by atoms with van der Waals surface area (Å²) in [6.07, 6.45) is 1.48. The molecule has 8 heteroatoms. The van der Waals surface area contributed by atoms with Crippen molar-refractivity contribution in [3.8, 4) is 17.2 Å². The van der Waals surface area contributed by atoms with E-state index in [1.54, 1.807) is 43.5 Å². The van der Waals surface area contributed by atoms with Crippen molar-refractivity contribution in [3.05, 3.63) is 53.1 Å². The van der Waals surface area contributed by atoms with E-state index in [1.165, 1.54) is 25.2 Å². The molecule has 3 rings (SSSR count). The van der Waals surface area contributed by atoms with Gasteiger partial charge in [0.15, 0.2) is 5.11 Å². The number of anilines is 1. The van der Waals surface area contributed by atoms with Crippen LogP contribution in [0.3, 0.4) is 0 Å². The second-order valence-corrected chi connectivity index (χ2v) is 6.53. The van der Waals surface area contributed by atoms with Gasteiger partial charge in [-0.15, -0.1) is 0 Å². The first kappa shape index (κ1) is 20.3. The van der Waals surface area contributed by atoms with Gasteiger partial charge in [0, 0.05) is 11.1 Å². The minimum Gasteiger partial charge on any atom is -0.496 e. The lowest BCUT2D eigenvalue weighted by molar-refractivity contribution is -0.122. The highest BCUT2D eigenvalue weighted by Crippen LogP contribution is 2.34. The fraction of sp³-hybridized carbons (Fsp3) is 0.190. The Morgan fingerprint density at radius 2 is 1.66 bits per heavy atom. The zero-order valence-electron chi connectivity index (χ0n) is 16.4. The second-order valence-electron chi connectivity index (χ2n) is 6.14. The number of ether oxygens (including phenoxy) is 3. The van der Waals surface area contributed by atoms with E-state index in [1.807, 2.05) is 6.92 Å². The summed E-state index contributed by atoms with van der Waals surface area (Å²) in [5.41, 5.74) is 1.68. The van der Waals surface area contributed by atoms with E-state index < -0.39 is 11.8 Å². The number of nitrogens with one attached hydrogen (secondary N) is 1. The SMILES string of the molecule is COc1ccccc1N1C(=O)/C(=C/c2ccc(OC)c(C)c2OC)C(=O)NC1=S. The van der Waals surface area contributed by atoms with Crippen LogP contribution < -0.4 is 24.4 Å². The number of hydrogen-bond donors (Lipinski definition) is 1. The highest BCUT2D eigenvalue weighted by Gasteiger charge is 2.36. The Kier molecular flexibility index (Phi) is 5.84. The molecule has 0 bridgehead atoms. The molecular weight excluding hydrogens is 392 g/mol. The van der Waals surface area contributed by atoms with Crippen molar-refractivity contribution in [2.75, 3.05) is 26.2 Å². The number of methoxy groups -OCH3 is 3. The Balaban J connectivity index is 2.10. The van der Waals surface area contributed by atoms with Crippen LogP contribution in [-0.4, -0.2) is 38.3 Å². The zero-order valence-corrected chi connectivity index (χ0v) is 17.3. The van der Waals surface area contributed by atoms with E-state index in [0.717, 1.165) is 5.56 Å². The quantitative estimate of drug-likeness (QED) is 0.462. The van der Waals surface area contributed by atoms with Crippen molar-refractivity contribution in [1.82, 2.24) is 5.32 Å². The van der Waals surface area contributed by atoms with Crippen LogP contribution in [0.2, 0.25) is 0 Å². The molecule has 150 valence electrons. The van der Waals surface area contributed by atoms with Crippen LogP contribution in [0.1, 0.15) is 11.1 Å². The van der Waals surface area contributed by atoms with Crippen LogP contribution in [0.4, 0.5) is 5.69 Å². The second kappa shape index (κ2) is 8.32. The third-order valence-corrected chi connectivity index (χ3v) is 4.82. The van der Waals surface area contributed by atoms with Crippen molar-refractivity contribution in [1.29, 1.82) is 0 Å². The number of nitrogens with zero attached hydrogens (tertiary/aromatic N) is 1. The van der Waals surface area contributed by atoms with E-state index in [0.29, 0.717) is 28.5 Å². The Morgan fingerprint density at radius 1 is 0.966 bits per heavy atom. The molecule has 0 spiro atoms. The molecule has 0 saturated carbocycles. The first-order chi connectivity index (χ1) is 13.9. The topological polar surface area (TPSA) is 77.1 Å². The predicted molar refractivity (Wildman–Crippen MR) is 113 cm³/mol. The monoisotopic (exact) mass is 412 g/mol. The molecule has 2 amide bonds. The molecule has 2 aromatic carbocycles. The maximum Gasteiger partial charge on any atom is 0.270 e. The van der Waals surface area contributed by atoms with Gasteiger partial charge in [0.2, 0.25) is 0 Å². The van der Waals surface area contributed by atoms with Gasteiger partial charge in [0.25, 0.3) is 11.8 Å². The number of benzene rings is 2.